The van der Waals surface area contributed by atoms with Crippen LogP contribution < -0.4 is 0 Å². The summed E-state index contributed by atoms with van der Waals surface area (Å²) in [6.45, 7) is 5.18. The zero-order chi connectivity index (χ0) is 10.9. The lowest BCUT2D eigenvalue weighted by Gasteiger charge is -2.23. The summed E-state index contributed by atoms with van der Waals surface area (Å²) in [4.78, 5) is 0. The first kappa shape index (κ1) is 14.0. The number of quaternary nitrogens is 1. The van der Waals surface area contributed by atoms with Crippen molar-refractivity contribution in [3.63, 3.8) is 0 Å². The van der Waals surface area contributed by atoms with E-state index in [0.29, 0.717) is 0 Å². The van der Waals surface area contributed by atoms with E-state index in [9.17, 15) is 0 Å². The monoisotopic (exact) mass is 199 g/mol. The molecule has 0 heterocycles. The first-order chi connectivity index (χ1) is 6.56. The van der Waals surface area contributed by atoms with Crippen LogP contribution in [0.3, 0.4) is 0 Å². The van der Waals surface area contributed by atoms with E-state index in [-0.39, 0.29) is 0 Å². The molecular formula is C13H29N+. The molecule has 0 saturated heterocycles. The van der Waals surface area contributed by atoms with Gasteiger partial charge in [-0.1, -0.05) is 45.4 Å². The Morgan fingerprint density at radius 3 is 1.57 bits per heavy atom. The summed E-state index contributed by atoms with van der Waals surface area (Å²) in [5.41, 5.74) is 0. The minimum absolute atomic E-state index is 1.11. The van der Waals surface area contributed by atoms with Crippen LogP contribution in [0.4, 0.5) is 0 Å². The molecule has 0 bridgehead atoms. The van der Waals surface area contributed by atoms with Gasteiger partial charge in [-0.05, 0) is 12.8 Å². The second kappa shape index (κ2) is 8.28. The molecule has 0 saturated carbocycles. The highest BCUT2D eigenvalue weighted by molar-refractivity contribution is 4.47. The highest BCUT2D eigenvalue weighted by atomic mass is 15.3. The van der Waals surface area contributed by atoms with Crippen LogP contribution in [0.1, 0.15) is 51.4 Å². The van der Waals surface area contributed by atoms with Crippen molar-refractivity contribution in [2.45, 2.75) is 51.4 Å². The van der Waals surface area contributed by atoms with E-state index >= 15 is 0 Å². The van der Waals surface area contributed by atoms with Crippen LogP contribution in [0.2, 0.25) is 0 Å². The molecule has 1 nitrogen and oxygen atoms in total. The standard InChI is InChI=1S/C13H29N/c1-5-6-7-8-9-10-11-12-13-14(2,3)4/h1,5-13H2,2-4H3/q+1. The fourth-order valence-corrected chi connectivity index (χ4v) is 1.65. The SMILES string of the molecule is [CH2]CCCCCCCCC[N+](C)(C)C. The van der Waals surface area contributed by atoms with Crippen LogP contribution in [-0.4, -0.2) is 32.2 Å². The highest BCUT2D eigenvalue weighted by Crippen LogP contribution is 2.09. The molecule has 0 aliphatic rings. The van der Waals surface area contributed by atoms with E-state index in [2.05, 4.69) is 28.1 Å². The molecule has 0 unspecified atom stereocenters. The van der Waals surface area contributed by atoms with Gasteiger partial charge in [-0.25, -0.2) is 0 Å². The molecule has 0 spiro atoms. The van der Waals surface area contributed by atoms with Crippen molar-refractivity contribution in [1.29, 1.82) is 0 Å². The van der Waals surface area contributed by atoms with Crippen LogP contribution in [-0.2, 0) is 0 Å². The maximum absolute atomic E-state index is 3.86. The summed E-state index contributed by atoms with van der Waals surface area (Å²) < 4.78 is 1.11. The molecule has 0 amide bonds. The van der Waals surface area contributed by atoms with E-state index in [1.165, 1.54) is 51.5 Å². The van der Waals surface area contributed by atoms with Gasteiger partial charge >= 0.3 is 0 Å². The van der Waals surface area contributed by atoms with Gasteiger partial charge in [0.1, 0.15) is 0 Å². The van der Waals surface area contributed by atoms with E-state index in [1.807, 2.05) is 0 Å². The molecule has 85 valence electrons. The van der Waals surface area contributed by atoms with E-state index < -0.39 is 0 Å². The van der Waals surface area contributed by atoms with Gasteiger partial charge < -0.3 is 4.48 Å². The molecule has 0 atom stereocenters. The number of nitrogens with zero attached hydrogens (tertiary/aromatic N) is 1. The first-order valence-electron chi connectivity index (χ1n) is 6.16. The van der Waals surface area contributed by atoms with Crippen molar-refractivity contribution in [3.8, 4) is 0 Å². The summed E-state index contributed by atoms with van der Waals surface area (Å²) in [5.74, 6) is 0. The van der Waals surface area contributed by atoms with Crippen molar-refractivity contribution in [2.75, 3.05) is 27.7 Å². The smallest absolute Gasteiger partial charge is 0.0780 e. The average molecular weight is 199 g/mol. The Balaban J connectivity index is 2.99. The molecule has 14 heavy (non-hydrogen) atoms. The normalized spacial score (nSPS) is 12.0. The van der Waals surface area contributed by atoms with E-state index in [0.717, 1.165) is 10.9 Å². The summed E-state index contributed by atoms with van der Waals surface area (Å²) in [7, 11) is 6.82. The minimum Gasteiger partial charge on any atom is -0.331 e. The van der Waals surface area contributed by atoms with Crippen LogP contribution in [0.15, 0.2) is 0 Å². The Morgan fingerprint density at radius 2 is 1.14 bits per heavy atom. The maximum atomic E-state index is 3.86. The molecule has 0 N–H and O–H groups in total. The Bertz CT molecular complexity index is 113. The second-order valence-corrected chi connectivity index (χ2v) is 5.34. The Kier molecular flexibility index (Phi) is 8.26. The van der Waals surface area contributed by atoms with Crippen LogP contribution in [0.5, 0.6) is 0 Å². The first-order valence-corrected chi connectivity index (χ1v) is 6.16. The number of unbranched alkanes of at least 4 members (excludes halogenated alkanes) is 7. The fourth-order valence-electron chi connectivity index (χ4n) is 1.65. The molecule has 0 aromatic heterocycles. The van der Waals surface area contributed by atoms with Crippen LogP contribution in [0.25, 0.3) is 0 Å². The molecule has 0 aromatic rings. The van der Waals surface area contributed by atoms with Gasteiger partial charge in [0.25, 0.3) is 0 Å². The Hall–Kier alpha value is -0.0400. The molecule has 1 radical (unpaired) electrons. The van der Waals surface area contributed by atoms with Crippen molar-refractivity contribution in [2.24, 2.45) is 0 Å². The zero-order valence-electron chi connectivity index (χ0n) is 10.5. The van der Waals surface area contributed by atoms with Gasteiger partial charge in [0.15, 0.2) is 0 Å². The number of hydrogen-bond acceptors (Lipinski definition) is 0. The Morgan fingerprint density at radius 1 is 0.714 bits per heavy atom. The third-order valence-electron chi connectivity index (χ3n) is 2.58. The lowest BCUT2D eigenvalue weighted by atomic mass is 10.1. The molecule has 0 rings (SSSR count). The van der Waals surface area contributed by atoms with Gasteiger partial charge in [-0.15, -0.1) is 0 Å². The van der Waals surface area contributed by atoms with Crippen molar-refractivity contribution in [3.05, 3.63) is 6.92 Å². The average Bonchev–Trinajstić information content (AvgIpc) is 2.08. The molecular weight excluding hydrogens is 170 g/mol. The topological polar surface area (TPSA) is 0 Å². The lowest BCUT2D eigenvalue weighted by molar-refractivity contribution is -0.870. The van der Waals surface area contributed by atoms with Gasteiger partial charge in [0, 0.05) is 0 Å². The van der Waals surface area contributed by atoms with Crippen molar-refractivity contribution >= 4 is 0 Å². The minimum atomic E-state index is 1.11. The molecule has 0 fully saturated rings. The summed E-state index contributed by atoms with van der Waals surface area (Å²) >= 11 is 0. The summed E-state index contributed by atoms with van der Waals surface area (Å²) in [5, 5.41) is 0. The largest absolute Gasteiger partial charge is 0.331 e. The summed E-state index contributed by atoms with van der Waals surface area (Å²) in [6.07, 6.45) is 10.9. The third-order valence-corrected chi connectivity index (χ3v) is 2.58. The Labute approximate surface area is 91.1 Å². The number of rotatable bonds is 9. The summed E-state index contributed by atoms with van der Waals surface area (Å²) in [6, 6.07) is 0. The molecule has 0 aliphatic carbocycles. The quantitative estimate of drug-likeness (QED) is 0.393. The fraction of sp³-hybridized carbons (Fsp3) is 0.923. The highest BCUT2D eigenvalue weighted by Gasteiger charge is 2.04. The maximum Gasteiger partial charge on any atom is 0.0780 e. The molecule has 0 aliphatic heterocycles. The van der Waals surface area contributed by atoms with Gasteiger partial charge in [-0.2, -0.15) is 0 Å². The van der Waals surface area contributed by atoms with Crippen molar-refractivity contribution < 1.29 is 4.48 Å². The van der Waals surface area contributed by atoms with E-state index in [1.54, 1.807) is 0 Å². The molecule has 0 aromatic carbocycles. The van der Waals surface area contributed by atoms with Gasteiger partial charge in [-0.3, -0.25) is 0 Å². The zero-order valence-corrected chi connectivity index (χ0v) is 10.5. The number of hydrogen-bond donors (Lipinski definition) is 0. The van der Waals surface area contributed by atoms with Crippen LogP contribution >= 0.6 is 0 Å². The lowest BCUT2D eigenvalue weighted by Crippen LogP contribution is -2.35. The van der Waals surface area contributed by atoms with Crippen LogP contribution in [0, 0.1) is 6.92 Å². The third kappa shape index (κ3) is 12.0. The predicted octanol–water partition coefficient (Wildman–Crippen LogP) is 3.65. The van der Waals surface area contributed by atoms with E-state index in [4.69, 9.17) is 0 Å². The van der Waals surface area contributed by atoms with Crippen molar-refractivity contribution in [1.82, 2.24) is 0 Å². The van der Waals surface area contributed by atoms with Gasteiger partial charge in [0.05, 0.1) is 27.7 Å². The second-order valence-electron chi connectivity index (χ2n) is 5.34. The van der Waals surface area contributed by atoms with Gasteiger partial charge in [0.2, 0.25) is 0 Å². The predicted molar refractivity (Wildman–Crippen MR) is 65.2 cm³/mol. The molecule has 1 heteroatoms.